The van der Waals surface area contributed by atoms with Crippen molar-refractivity contribution in [3.05, 3.63) is 41.1 Å². The number of fused-ring (bicyclic) bond motifs is 1. The van der Waals surface area contributed by atoms with Crippen LogP contribution in [0.5, 0.6) is 0 Å². The molecule has 0 aromatic carbocycles. The Labute approximate surface area is 159 Å². The van der Waals surface area contributed by atoms with Crippen LogP contribution < -0.4 is 4.72 Å². The van der Waals surface area contributed by atoms with Crippen LogP contribution in [0, 0.1) is 0 Å². The maximum absolute atomic E-state index is 11.2. The molecule has 2 aliphatic heterocycles. The van der Waals surface area contributed by atoms with Gasteiger partial charge in [0.1, 0.15) is 17.6 Å². The summed E-state index contributed by atoms with van der Waals surface area (Å²) in [5, 5.41) is 4.48. The summed E-state index contributed by atoms with van der Waals surface area (Å²) in [6.07, 6.45) is 4.60. The molecule has 8 nitrogen and oxygen atoms in total. The van der Waals surface area contributed by atoms with Crippen LogP contribution in [0.25, 0.3) is 0 Å². The molecule has 2 aromatic heterocycles. The molecule has 4 rings (SSSR count). The van der Waals surface area contributed by atoms with Crippen molar-refractivity contribution in [2.45, 2.75) is 51.5 Å². The van der Waals surface area contributed by atoms with Crippen molar-refractivity contribution in [2.24, 2.45) is 0 Å². The summed E-state index contributed by atoms with van der Waals surface area (Å²) in [5.74, 6) is 1.88. The molecule has 148 valence electrons. The van der Waals surface area contributed by atoms with Gasteiger partial charge in [-0.2, -0.15) is 5.10 Å². The smallest absolute Gasteiger partial charge is 0.209 e. The van der Waals surface area contributed by atoms with E-state index in [1.54, 1.807) is 0 Å². The fourth-order valence-electron chi connectivity index (χ4n) is 3.64. The van der Waals surface area contributed by atoms with Crippen LogP contribution in [0.3, 0.4) is 0 Å². The molecule has 1 N–H and O–H groups in total. The van der Waals surface area contributed by atoms with Gasteiger partial charge < -0.3 is 9.15 Å². The molecule has 1 fully saturated rings. The Bertz CT molecular complexity index is 883. The summed E-state index contributed by atoms with van der Waals surface area (Å²) in [7, 11) is -3.21. The van der Waals surface area contributed by atoms with Crippen LogP contribution >= 0.6 is 0 Å². The van der Waals surface area contributed by atoms with Crippen molar-refractivity contribution in [1.82, 2.24) is 19.4 Å². The molecule has 0 amide bonds. The van der Waals surface area contributed by atoms with Gasteiger partial charge in [-0.25, -0.2) is 13.1 Å². The zero-order valence-electron chi connectivity index (χ0n) is 15.6. The second-order valence-electron chi connectivity index (χ2n) is 7.31. The molecular weight excluding hydrogens is 368 g/mol. The summed E-state index contributed by atoms with van der Waals surface area (Å²) in [6.45, 7) is 4.21. The van der Waals surface area contributed by atoms with Crippen molar-refractivity contribution < 1.29 is 17.6 Å². The minimum atomic E-state index is -3.21. The molecule has 9 heteroatoms. The van der Waals surface area contributed by atoms with E-state index < -0.39 is 10.0 Å². The van der Waals surface area contributed by atoms with E-state index in [1.165, 1.54) is 6.42 Å². The molecule has 27 heavy (non-hydrogen) atoms. The minimum absolute atomic E-state index is 0.0974. The molecule has 4 heterocycles. The lowest BCUT2D eigenvalue weighted by Crippen LogP contribution is -2.33. The lowest BCUT2D eigenvalue weighted by molar-refractivity contribution is 0.000743. The monoisotopic (exact) mass is 394 g/mol. The first-order chi connectivity index (χ1) is 13.0. The fourth-order valence-corrected chi connectivity index (χ4v) is 4.05. The first-order valence-corrected chi connectivity index (χ1v) is 11.3. The maximum atomic E-state index is 11.2. The SMILES string of the molecule is CS(=O)(=O)NCc1cc2n(n1)CCN(Cc1ccc(C3CCCCO3)o1)C2. The number of nitrogens with zero attached hydrogens (tertiary/aromatic N) is 3. The normalized spacial score (nSPS) is 21.3. The summed E-state index contributed by atoms with van der Waals surface area (Å²) >= 11 is 0. The van der Waals surface area contributed by atoms with E-state index in [9.17, 15) is 8.42 Å². The third-order valence-corrected chi connectivity index (χ3v) is 5.67. The highest BCUT2D eigenvalue weighted by Crippen LogP contribution is 2.29. The van der Waals surface area contributed by atoms with E-state index >= 15 is 0 Å². The highest BCUT2D eigenvalue weighted by molar-refractivity contribution is 7.88. The second-order valence-corrected chi connectivity index (χ2v) is 9.15. The maximum Gasteiger partial charge on any atom is 0.209 e. The Balaban J connectivity index is 1.35. The lowest BCUT2D eigenvalue weighted by Gasteiger charge is -2.26. The third kappa shape index (κ3) is 4.78. The van der Waals surface area contributed by atoms with E-state index in [-0.39, 0.29) is 12.6 Å². The Morgan fingerprint density at radius 3 is 2.96 bits per heavy atom. The predicted octanol–water partition coefficient (Wildman–Crippen LogP) is 1.78. The third-order valence-electron chi connectivity index (χ3n) is 5.00. The summed E-state index contributed by atoms with van der Waals surface area (Å²) in [5.41, 5.74) is 1.83. The van der Waals surface area contributed by atoms with Crippen LogP contribution in [0.2, 0.25) is 0 Å². The van der Waals surface area contributed by atoms with Crippen molar-refractivity contribution >= 4 is 10.0 Å². The van der Waals surface area contributed by atoms with Crippen LogP contribution in [-0.4, -0.2) is 42.5 Å². The van der Waals surface area contributed by atoms with Gasteiger partial charge in [0, 0.05) is 19.7 Å². The van der Waals surface area contributed by atoms with Crippen molar-refractivity contribution in [3.8, 4) is 0 Å². The summed E-state index contributed by atoms with van der Waals surface area (Å²) in [4.78, 5) is 2.31. The molecule has 2 aromatic rings. The summed E-state index contributed by atoms with van der Waals surface area (Å²) in [6, 6.07) is 6.04. The van der Waals surface area contributed by atoms with Crippen molar-refractivity contribution in [3.63, 3.8) is 0 Å². The zero-order valence-corrected chi connectivity index (χ0v) is 16.4. The largest absolute Gasteiger partial charge is 0.462 e. The number of aromatic nitrogens is 2. The standard InChI is InChI=1S/C18H26N4O4S/c1-27(23,24)19-11-14-10-15-12-21(7-8-22(15)20-14)13-16-5-6-18(26-16)17-4-2-3-9-25-17/h5-6,10,17,19H,2-4,7-9,11-13H2,1H3. The Morgan fingerprint density at radius 1 is 1.30 bits per heavy atom. The van der Waals surface area contributed by atoms with Gasteiger partial charge in [-0.3, -0.25) is 9.58 Å². The minimum Gasteiger partial charge on any atom is -0.462 e. The van der Waals surface area contributed by atoms with Crippen LogP contribution in [0.1, 0.15) is 48.3 Å². The Kier molecular flexibility index (Phi) is 5.36. The van der Waals surface area contributed by atoms with Crippen LogP contribution in [-0.2, 0) is 40.9 Å². The zero-order chi connectivity index (χ0) is 18.9. The predicted molar refractivity (Wildman–Crippen MR) is 99.3 cm³/mol. The number of nitrogens with one attached hydrogen (secondary N) is 1. The van der Waals surface area contributed by atoms with Gasteiger partial charge in [0.15, 0.2) is 0 Å². The Hall–Kier alpha value is -1.68. The molecule has 0 aliphatic carbocycles. The van der Waals surface area contributed by atoms with E-state index in [0.29, 0.717) is 0 Å². The molecule has 1 atom stereocenters. The fraction of sp³-hybridized carbons (Fsp3) is 0.611. The first-order valence-electron chi connectivity index (χ1n) is 9.39. The molecule has 2 aliphatic rings. The average molecular weight is 394 g/mol. The average Bonchev–Trinajstić information content (AvgIpc) is 3.26. The molecular formula is C18H26N4O4S. The van der Waals surface area contributed by atoms with Gasteiger partial charge >= 0.3 is 0 Å². The van der Waals surface area contributed by atoms with Gasteiger partial charge in [0.2, 0.25) is 10.0 Å². The first kappa shape index (κ1) is 18.7. The summed E-state index contributed by atoms with van der Waals surface area (Å²) < 4.78 is 38.8. The van der Waals surface area contributed by atoms with Gasteiger partial charge in [0.25, 0.3) is 0 Å². The lowest BCUT2D eigenvalue weighted by atomic mass is 10.1. The molecule has 0 saturated carbocycles. The van der Waals surface area contributed by atoms with E-state index in [0.717, 1.165) is 74.8 Å². The molecule has 1 unspecified atom stereocenters. The quantitative estimate of drug-likeness (QED) is 0.803. The topological polar surface area (TPSA) is 89.6 Å². The Morgan fingerprint density at radius 2 is 2.19 bits per heavy atom. The highest BCUT2D eigenvalue weighted by Gasteiger charge is 2.22. The van der Waals surface area contributed by atoms with Gasteiger partial charge in [-0.15, -0.1) is 0 Å². The number of rotatable bonds is 6. The molecule has 0 spiro atoms. The van der Waals surface area contributed by atoms with E-state index in [1.807, 2.05) is 22.9 Å². The molecule has 0 bridgehead atoms. The van der Waals surface area contributed by atoms with Crippen LogP contribution in [0.4, 0.5) is 0 Å². The molecule has 0 radical (unpaired) electrons. The van der Waals surface area contributed by atoms with Crippen LogP contribution in [0.15, 0.2) is 22.6 Å². The van der Waals surface area contributed by atoms with E-state index in [2.05, 4.69) is 14.7 Å². The number of hydrogen-bond donors (Lipinski definition) is 1. The number of sulfonamides is 1. The van der Waals surface area contributed by atoms with E-state index in [4.69, 9.17) is 9.15 Å². The van der Waals surface area contributed by atoms with Crippen molar-refractivity contribution in [2.75, 3.05) is 19.4 Å². The highest BCUT2D eigenvalue weighted by atomic mass is 32.2. The van der Waals surface area contributed by atoms with Gasteiger partial charge in [-0.05, 0) is 37.5 Å². The molecule has 1 saturated heterocycles. The number of hydrogen-bond acceptors (Lipinski definition) is 6. The second kappa shape index (κ2) is 7.75. The van der Waals surface area contributed by atoms with Gasteiger partial charge in [-0.1, -0.05) is 0 Å². The van der Waals surface area contributed by atoms with Gasteiger partial charge in [0.05, 0.1) is 37.3 Å². The number of furan rings is 1. The van der Waals surface area contributed by atoms with Crippen molar-refractivity contribution in [1.29, 1.82) is 0 Å². The number of ether oxygens (including phenoxy) is 1.